The molecule has 0 aromatic carbocycles. The molecule has 2 spiro atoms. The zero-order valence-corrected chi connectivity index (χ0v) is 32.1. The Balaban J connectivity index is 1.11. The van der Waals surface area contributed by atoms with Crippen LogP contribution < -0.4 is 0 Å². The van der Waals surface area contributed by atoms with Crippen molar-refractivity contribution in [1.82, 2.24) is 4.90 Å². The summed E-state index contributed by atoms with van der Waals surface area (Å²) in [6, 6.07) is 0. The Labute approximate surface area is 295 Å². The minimum atomic E-state index is -1.26. The van der Waals surface area contributed by atoms with Gasteiger partial charge in [0.25, 0.3) is 0 Å². The maximum atomic E-state index is 12.6. The molecule has 7 aliphatic rings. The fourth-order valence-electron chi connectivity index (χ4n) is 14.2. The Bertz CT molecular complexity index is 1290. The van der Waals surface area contributed by atoms with Crippen LogP contribution >= 0.6 is 0 Å². The number of morpholine rings is 1. The summed E-state index contributed by atoms with van der Waals surface area (Å²) in [4.78, 5) is 14.4. The van der Waals surface area contributed by atoms with Crippen molar-refractivity contribution in [2.45, 2.75) is 169 Å². The average molecular weight is 690 g/mol. The molecule has 9 nitrogen and oxygen atoms in total. The van der Waals surface area contributed by atoms with E-state index in [9.17, 15) is 20.1 Å². The lowest BCUT2D eigenvalue weighted by molar-refractivity contribution is -0.250. The summed E-state index contributed by atoms with van der Waals surface area (Å²) in [6.45, 7) is 23.2. The number of nitrogens with zero attached hydrogens (tertiary/aromatic N) is 1. The van der Waals surface area contributed by atoms with Crippen molar-refractivity contribution < 1.29 is 39.1 Å². The Morgan fingerprint density at radius 3 is 2.33 bits per heavy atom. The van der Waals surface area contributed by atoms with E-state index < -0.39 is 35.5 Å². The standard InChI is InChI=1S/C40H67NO8/c1-23-19-25(33(36(7,8)45)47-24(2)42)48-31-30(23)37(9)15-16-40-21-39(40)14-13-28(49-29-20-41(17-18-46-29)22-34(3,4)44)35(5,6)26(39)11-12-27(40)38(37,10)32(31)43/h23,25-33,43-45H,11-22H2,1-10H3/t23?,25?,26-,27-,28?,29-,30?,31?,32-,33-,37+,38+,39+,40?/m0/s1. The van der Waals surface area contributed by atoms with E-state index in [1.807, 2.05) is 13.8 Å². The maximum Gasteiger partial charge on any atom is 0.303 e. The summed E-state index contributed by atoms with van der Waals surface area (Å²) in [5, 5.41) is 34.0. The molecule has 280 valence electrons. The third kappa shape index (κ3) is 5.35. The van der Waals surface area contributed by atoms with Gasteiger partial charge < -0.3 is 34.3 Å². The molecular weight excluding hydrogens is 622 g/mol. The fourth-order valence-corrected chi connectivity index (χ4v) is 14.2. The van der Waals surface area contributed by atoms with Crippen LogP contribution in [-0.4, -0.2) is 100 Å². The Hall–Kier alpha value is -0.810. The van der Waals surface area contributed by atoms with Crippen LogP contribution in [0.15, 0.2) is 0 Å². The molecule has 0 bridgehead atoms. The minimum Gasteiger partial charge on any atom is -0.457 e. The molecule has 5 aliphatic carbocycles. The molecule has 2 aliphatic heterocycles. The smallest absolute Gasteiger partial charge is 0.303 e. The van der Waals surface area contributed by atoms with E-state index in [1.54, 1.807) is 13.8 Å². The van der Waals surface area contributed by atoms with Crippen molar-refractivity contribution in [2.75, 3.05) is 26.2 Å². The van der Waals surface area contributed by atoms with Gasteiger partial charge in [0.15, 0.2) is 12.4 Å². The zero-order valence-electron chi connectivity index (χ0n) is 32.1. The third-order valence-corrected chi connectivity index (χ3v) is 16.1. The normalized spacial score (nSPS) is 49.9. The molecule has 7 rings (SSSR count). The van der Waals surface area contributed by atoms with Crippen molar-refractivity contribution >= 4 is 5.97 Å². The number of esters is 1. The lowest BCUT2D eigenvalue weighted by atomic mass is 9.41. The molecular formula is C40H67NO8. The van der Waals surface area contributed by atoms with Gasteiger partial charge in [0, 0.05) is 32.0 Å². The Morgan fingerprint density at radius 1 is 1.00 bits per heavy atom. The highest BCUT2D eigenvalue weighted by molar-refractivity contribution is 5.66. The van der Waals surface area contributed by atoms with Crippen molar-refractivity contribution in [3.63, 3.8) is 0 Å². The van der Waals surface area contributed by atoms with Crippen LogP contribution in [0.5, 0.6) is 0 Å². The molecule has 0 aromatic heterocycles. The molecule has 14 atom stereocenters. The summed E-state index contributed by atoms with van der Waals surface area (Å²) in [7, 11) is 0. The van der Waals surface area contributed by atoms with Crippen LogP contribution in [0.25, 0.3) is 0 Å². The summed E-state index contributed by atoms with van der Waals surface area (Å²) in [5.74, 6) is 1.03. The first-order chi connectivity index (χ1) is 22.6. The number of aliphatic hydroxyl groups is 3. The van der Waals surface area contributed by atoms with Crippen LogP contribution in [0.2, 0.25) is 0 Å². The first-order valence-corrected chi connectivity index (χ1v) is 19.6. The molecule has 7 fully saturated rings. The van der Waals surface area contributed by atoms with E-state index in [1.165, 1.54) is 26.2 Å². The van der Waals surface area contributed by atoms with Crippen LogP contribution in [0.1, 0.15) is 121 Å². The number of ether oxygens (including phenoxy) is 4. The van der Waals surface area contributed by atoms with Crippen LogP contribution in [0.3, 0.4) is 0 Å². The van der Waals surface area contributed by atoms with E-state index in [2.05, 4.69) is 39.5 Å². The van der Waals surface area contributed by atoms with Crippen LogP contribution in [-0.2, 0) is 23.7 Å². The van der Waals surface area contributed by atoms with E-state index in [0.29, 0.717) is 38.0 Å². The van der Waals surface area contributed by atoms with Crippen molar-refractivity contribution in [2.24, 2.45) is 50.7 Å². The highest BCUT2D eigenvalue weighted by atomic mass is 16.7. The van der Waals surface area contributed by atoms with Gasteiger partial charge in [-0.05, 0) is 124 Å². The number of carbonyl (C=O) groups is 1. The second-order valence-corrected chi connectivity index (χ2v) is 20.2. The average Bonchev–Trinajstić information content (AvgIpc) is 3.61. The van der Waals surface area contributed by atoms with Gasteiger partial charge in [-0.3, -0.25) is 9.69 Å². The molecule has 6 unspecified atom stereocenters. The number of carbonyl (C=O) groups excluding carboxylic acids is 1. The predicted molar refractivity (Wildman–Crippen MR) is 185 cm³/mol. The predicted octanol–water partition coefficient (Wildman–Crippen LogP) is 5.32. The van der Waals surface area contributed by atoms with Gasteiger partial charge in [0.2, 0.25) is 0 Å². The van der Waals surface area contributed by atoms with E-state index in [-0.39, 0.29) is 57.4 Å². The first kappa shape index (κ1) is 36.5. The fraction of sp³-hybridized carbons (Fsp3) is 0.975. The number of rotatable bonds is 7. The van der Waals surface area contributed by atoms with Gasteiger partial charge in [0.1, 0.15) is 0 Å². The lowest BCUT2D eigenvalue weighted by Crippen LogP contribution is -2.60. The quantitative estimate of drug-likeness (QED) is 0.306. The van der Waals surface area contributed by atoms with E-state index >= 15 is 0 Å². The largest absolute Gasteiger partial charge is 0.457 e. The molecule has 9 heteroatoms. The second kappa shape index (κ2) is 11.6. The molecule has 2 heterocycles. The summed E-state index contributed by atoms with van der Waals surface area (Å²) in [5.41, 5.74) is -1.83. The highest BCUT2D eigenvalue weighted by Gasteiger charge is 2.84. The monoisotopic (exact) mass is 689 g/mol. The Kier molecular flexibility index (Phi) is 8.65. The minimum absolute atomic E-state index is 0.00616. The van der Waals surface area contributed by atoms with Gasteiger partial charge in [-0.15, -0.1) is 0 Å². The molecule has 0 amide bonds. The molecule has 5 saturated carbocycles. The number of β-amino-alcohol motifs (C(OH)–C–C–N with tert-alkyl or cyclic N) is 1. The van der Waals surface area contributed by atoms with Crippen LogP contribution in [0.4, 0.5) is 0 Å². The molecule has 2 saturated heterocycles. The van der Waals surface area contributed by atoms with Gasteiger partial charge in [-0.25, -0.2) is 0 Å². The highest BCUT2D eigenvalue weighted by Crippen LogP contribution is 2.89. The lowest BCUT2D eigenvalue weighted by Gasteiger charge is -2.64. The van der Waals surface area contributed by atoms with E-state index in [0.717, 1.165) is 32.2 Å². The third-order valence-electron chi connectivity index (χ3n) is 16.1. The number of hydrogen-bond donors (Lipinski definition) is 3. The van der Waals surface area contributed by atoms with Crippen LogP contribution in [0, 0.1) is 50.7 Å². The number of hydrogen-bond acceptors (Lipinski definition) is 9. The van der Waals surface area contributed by atoms with Gasteiger partial charge in [-0.2, -0.15) is 0 Å². The summed E-state index contributed by atoms with van der Waals surface area (Å²) in [6.07, 6.45) is 6.35. The SMILES string of the molecule is CC(=O)O[C@@H](C1CC(C)C2C(O1)[C@H](O)[C@@]1(C)[C@@H]3CC[C@H]4C(C)(C)C(O[C@H]5CN(CC(C)(C)O)CCO5)CC[C@@]45CC35CC[C@]21C)C(C)(C)O. The summed E-state index contributed by atoms with van der Waals surface area (Å²) >= 11 is 0. The molecule has 0 radical (unpaired) electrons. The topological polar surface area (TPSA) is 118 Å². The number of fused-ring (bicyclic) bond motifs is 4. The number of aliphatic hydroxyl groups excluding tert-OH is 1. The van der Waals surface area contributed by atoms with Crippen molar-refractivity contribution in [3.05, 3.63) is 0 Å². The van der Waals surface area contributed by atoms with Gasteiger partial charge in [0.05, 0.1) is 42.2 Å². The summed E-state index contributed by atoms with van der Waals surface area (Å²) < 4.78 is 25.6. The van der Waals surface area contributed by atoms with Gasteiger partial charge >= 0.3 is 5.97 Å². The molecule has 49 heavy (non-hydrogen) atoms. The van der Waals surface area contributed by atoms with Gasteiger partial charge in [-0.1, -0.05) is 34.6 Å². The van der Waals surface area contributed by atoms with Crippen molar-refractivity contribution in [3.8, 4) is 0 Å². The second-order valence-electron chi connectivity index (χ2n) is 20.2. The van der Waals surface area contributed by atoms with Crippen molar-refractivity contribution in [1.29, 1.82) is 0 Å². The molecule has 3 N–H and O–H groups in total. The maximum absolute atomic E-state index is 12.6. The van der Waals surface area contributed by atoms with E-state index in [4.69, 9.17) is 18.9 Å². The molecule has 0 aromatic rings. The zero-order chi connectivity index (χ0) is 35.7. The first-order valence-electron chi connectivity index (χ1n) is 19.6. The Morgan fingerprint density at radius 2 is 1.67 bits per heavy atom.